The summed E-state index contributed by atoms with van der Waals surface area (Å²) in [7, 11) is -3.93. The van der Waals surface area contributed by atoms with Gasteiger partial charge in [-0.05, 0) is 32.0 Å². The fourth-order valence-electron chi connectivity index (χ4n) is 1.57. The highest BCUT2D eigenvalue weighted by Crippen LogP contribution is 2.23. The molecular formula is C11H15BrFNO3S. The topological polar surface area (TPSA) is 57.6 Å². The van der Waals surface area contributed by atoms with Gasteiger partial charge in [0.1, 0.15) is 10.7 Å². The molecule has 0 heterocycles. The van der Waals surface area contributed by atoms with Crippen LogP contribution in [-0.2, 0) is 10.0 Å². The SMILES string of the molecule is CC(C)N(CCO)S(=O)(=O)c1ccc(Br)cc1F. The third-order valence-electron chi connectivity index (χ3n) is 2.38. The molecule has 0 radical (unpaired) electrons. The molecule has 1 N–H and O–H groups in total. The van der Waals surface area contributed by atoms with E-state index < -0.39 is 15.8 Å². The summed E-state index contributed by atoms with van der Waals surface area (Å²) in [6.07, 6.45) is 0. The van der Waals surface area contributed by atoms with Gasteiger partial charge in [0.15, 0.2) is 0 Å². The highest BCUT2D eigenvalue weighted by Gasteiger charge is 2.29. The first kappa shape index (κ1) is 15.6. The van der Waals surface area contributed by atoms with E-state index in [2.05, 4.69) is 15.9 Å². The van der Waals surface area contributed by atoms with Crippen molar-refractivity contribution in [3.05, 3.63) is 28.5 Å². The first-order valence-electron chi connectivity index (χ1n) is 5.38. The summed E-state index contributed by atoms with van der Waals surface area (Å²) in [5.74, 6) is -0.812. The number of hydrogen-bond donors (Lipinski definition) is 1. The van der Waals surface area contributed by atoms with E-state index in [0.717, 1.165) is 10.4 Å². The van der Waals surface area contributed by atoms with Gasteiger partial charge in [-0.25, -0.2) is 12.8 Å². The Hall–Kier alpha value is -0.500. The van der Waals surface area contributed by atoms with Crippen molar-refractivity contribution >= 4 is 26.0 Å². The average Bonchev–Trinajstić information content (AvgIpc) is 2.24. The Bertz CT molecular complexity index is 519. The highest BCUT2D eigenvalue weighted by atomic mass is 79.9. The molecule has 0 fully saturated rings. The second-order valence-corrected chi connectivity index (χ2v) is 6.78. The molecule has 0 aromatic heterocycles. The van der Waals surface area contributed by atoms with Crippen molar-refractivity contribution in [3.8, 4) is 0 Å². The van der Waals surface area contributed by atoms with Crippen LogP contribution >= 0.6 is 15.9 Å². The Kier molecular flexibility index (Phi) is 5.27. The van der Waals surface area contributed by atoms with Gasteiger partial charge in [0.05, 0.1) is 6.61 Å². The normalized spacial score (nSPS) is 12.4. The maximum atomic E-state index is 13.7. The smallest absolute Gasteiger partial charge is 0.246 e. The maximum absolute atomic E-state index is 13.7. The van der Waals surface area contributed by atoms with Crippen LogP contribution in [0, 0.1) is 5.82 Å². The number of hydrogen-bond acceptors (Lipinski definition) is 3. The number of nitrogens with zero attached hydrogens (tertiary/aromatic N) is 1. The van der Waals surface area contributed by atoms with Gasteiger partial charge in [-0.15, -0.1) is 0 Å². The number of halogens is 2. The van der Waals surface area contributed by atoms with Crippen LogP contribution in [0.1, 0.15) is 13.8 Å². The lowest BCUT2D eigenvalue weighted by Crippen LogP contribution is -2.39. The zero-order chi connectivity index (χ0) is 13.9. The minimum absolute atomic E-state index is 0.0600. The fraction of sp³-hybridized carbons (Fsp3) is 0.455. The van der Waals surface area contributed by atoms with Gasteiger partial charge in [-0.2, -0.15) is 4.31 Å². The quantitative estimate of drug-likeness (QED) is 0.892. The molecule has 0 amide bonds. The van der Waals surface area contributed by atoms with E-state index in [4.69, 9.17) is 5.11 Å². The zero-order valence-corrected chi connectivity index (χ0v) is 12.5. The third-order valence-corrected chi connectivity index (χ3v) is 4.98. The molecular weight excluding hydrogens is 325 g/mol. The number of rotatable bonds is 5. The lowest BCUT2D eigenvalue weighted by Gasteiger charge is -2.25. The van der Waals surface area contributed by atoms with Crippen LogP contribution in [0.25, 0.3) is 0 Å². The second-order valence-electron chi connectivity index (χ2n) is 4.01. The Morgan fingerprint density at radius 1 is 1.44 bits per heavy atom. The molecule has 0 saturated heterocycles. The van der Waals surface area contributed by atoms with E-state index in [1.807, 2.05) is 0 Å². The van der Waals surface area contributed by atoms with Crippen molar-refractivity contribution < 1.29 is 17.9 Å². The van der Waals surface area contributed by atoms with Crippen LogP contribution < -0.4 is 0 Å². The van der Waals surface area contributed by atoms with Gasteiger partial charge < -0.3 is 5.11 Å². The van der Waals surface area contributed by atoms with Gasteiger partial charge in [0.25, 0.3) is 0 Å². The van der Waals surface area contributed by atoms with E-state index in [-0.39, 0.29) is 24.1 Å². The van der Waals surface area contributed by atoms with Crippen LogP contribution in [0.2, 0.25) is 0 Å². The van der Waals surface area contributed by atoms with Gasteiger partial charge in [0.2, 0.25) is 10.0 Å². The third kappa shape index (κ3) is 3.28. The number of aliphatic hydroxyl groups excluding tert-OH is 1. The minimum atomic E-state index is -3.93. The zero-order valence-electron chi connectivity index (χ0n) is 10.1. The van der Waals surface area contributed by atoms with E-state index in [9.17, 15) is 12.8 Å². The Morgan fingerprint density at radius 3 is 2.50 bits per heavy atom. The largest absolute Gasteiger partial charge is 0.395 e. The van der Waals surface area contributed by atoms with Crippen molar-refractivity contribution in [1.29, 1.82) is 0 Å². The number of benzene rings is 1. The molecule has 7 heteroatoms. The average molecular weight is 340 g/mol. The molecule has 1 aromatic carbocycles. The predicted octanol–water partition coefficient (Wildman–Crippen LogP) is 1.98. The van der Waals surface area contributed by atoms with Gasteiger partial charge in [-0.3, -0.25) is 0 Å². The molecule has 0 aliphatic carbocycles. The highest BCUT2D eigenvalue weighted by molar-refractivity contribution is 9.10. The van der Waals surface area contributed by atoms with E-state index in [1.165, 1.54) is 12.1 Å². The van der Waals surface area contributed by atoms with Crippen LogP contribution in [-0.4, -0.2) is 37.0 Å². The fourth-order valence-corrected chi connectivity index (χ4v) is 3.57. The second kappa shape index (κ2) is 6.10. The van der Waals surface area contributed by atoms with Gasteiger partial charge in [0, 0.05) is 17.1 Å². The summed E-state index contributed by atoms with van der Waals surface area (Å²) >= 11 is 3.07. The summed E-state index contributed by atoms with van der Waals surface area (Å²) in [6.45, 7) is 2.97. The van der Waals surface area contributed by atoms with Crippen LogP contribution in [0.15, 0.2) is 27.6 Å². The van der Waals surface area contributed by atoms with E-state index in [0.29, 0.717) is 4.47 Å². The van der Waals surface area contributed by atoms with Crippen molar-refractivity contribution in [1.82, 2.24) is 4.31 Å². The van der Waals surface area contributed by atoms with Crippen molar-refractivity contribution in [3.63, 3.8) is 0 Å². The first-order chi connectivity index (χ1) is 8.30. The molecule has 1 aromatic rings. The summed E-state index contributed by atoms with van der Waals surface area (Å²) in [4.78, 5) is -0.382. The summed E-state index contributed by atoms with van der Waals surface area (Å²) in [6, 6.07) is 3.42. The minimum Gasteiger partial charge on any atom is -0.395 e. The summed E-state index contributed by atoms with van der Waals surface area (Å²) < 4.78 is 39.8. The van der Waals surface area contributed by atoms with E-state index >= 15 is 0 Å². The molecule has 18 heavy (non-hydrogen) atoms. The Labute approximate surface area is 115 Å². The predicted molar refractivity (Wildman–Crippen MR) is 70.2 cm³/mol. The number of sulfonamides is 1. The van der Waals surface area contributed by atoms with Gasteiger partial charge >= 0.3 is 0 Å². The summed E-state index contributed by atoms with van der Waals surface area (Å²) in [5.41, 5.74) is 0. The monoisotopic (exact) mass is 339 g/mol. The van der Waals surface area contributed by atoms with Gasteiger partial charge in [-0.1, -0.05) is 15.9 Å². The Morgan fingerprint density at radius 2 is 2.06 bits per heavy atom. The molecule has 0 aliphatic rings. The van der Waals surface area contributed by atoms with Crippen molar-refractivity contribution in [2.24, 2.45) is 0 Å². The van der Waals surface area contributed by atoms with E-state index in [1.54, 1.807) is 13.8 Å². The van der Waals surface area contributed by atoms with Crippen molar-refractivity contribution in [2.75, 3.05) is 13.2 Å². The molecule has 0 bridgehead atoms. The standard InChI is InChI=1S/C11H15BrFNO3S/c1-8(2)14(5-6-15)18(16,17)11-4-3-9(12)7-10(11)13/h3-4,7-8,15H,5-6H2,1-2H3. The Balaban J connectivity index is 3.26. The molecule has 0 spiro atoms. The molecule has 0 aliphatic heterocycles. The van der Waals surface area contributed by atoms with Crippen molar-refractivity contribution in [2.45, 2.75) is 24.8 Å². The lowest BCUT2D eigenvalue weighted by atomic mass is 10.3. The number of aliphatic hydroxyl groups is 1. The van der Waals surface area contributed by atoms with Crippen LogP contribution in [0.5, 0.6) is 0 Å². The lowest BCUT2D eigenvalue weighted by molar-refractivity contribution is 0.236. The molecule has 1 rings (SSSR count). The molecule has 0 unspecified atom stereocenters. The van der Waals surface area contributed by atoms with Crippen LogP contribution in [0.4, 0.5) is 4.39 Å². The first-order valence-corrected chi connectivity index (χ1v) is 7.61. The van der Waals surface area contributed by atoms with Crippen LogP contribution in [0.3, 0.4) is 0 Å². The molecule has 0 saturated carbocycles. The molecule has 4 nitrogen and oxygen atoms in total. The molecule has 0 atom stereocenters. The maximum Gasteiger partial charge on any atom is 0.246 e. The molecule has 102 valence electrons. The summed E-state index contributed by atoms with van der Waals surface area (Å²) in [5, 5.41) is 8.90.